The van der Waals surface area contributed by atoms with Crippen molar-refractivity contribution >= 4 is 23.6 Å². The van der Waals surface area contributed by atoms with Gasteiger partial charge in [0, 0.05) is 50.6 Å². The molecule has 0 spiro atoms. The molecule has 0 saturated carbocycles. The predicted molar refractivity (Wildman–Crippen MR) is 117 cm³/mol. The van der Waals surface area contributed by atoms with Crippen molar-refractivity contribution in [1.29, 1.82) is 0 Å². The topological polar surface area (TPSA) is 123 Å². The lowest BCUT2D eigenvalue weighted by molar-refractivity contribution is -0.153. The maximum absolute atomic E-state index is 12.9. The number of nitrogens with zero attached hydrogens (tertiary/aromatic N) is 3. The third-order valence-electron chi connectivity index (χ3n) is 7.43. The molecule has 2 unspecified atom stereocenters. The molecule has 1 aromatic rings. The van der Waals surface area contributed by atoms with Crippen LogP contribution in [0.2, 0.25) is 0 Å². The van der Waals surface area contributed by atoms with Crippen molar-refractivity contribution in [2.24, 2.45) is 11.3 Å². The zero-order valence-electron chi connectivity index (χ0n) is 18.5. The van der Waals surface area contributed by atoms with Gasteiger partial charge < -0.3 is 25.3 Å². The molecule has 3 aliphatic heterocycles. The number of anilines is 1. The summed E-state index contributed by atoms with van der Waals surface area (Å²) >= 11 is 0. The molecule has 2 atom stereocenters. The lowest BCUT2D eigenvalue weighted by Crippen LogP contribution is -2.48. The molecule has 174 valence electrons. The third-order valence-corrected chi connectivity index (χ3v) is 7.43. The highest BCUT2D eigenvalue weighted by atomic mass is 16.4. The van der Waals surface area contributed by atoms with Crippen molar-refractivity contribution < 1.29 is 24.6 Å². The number of nitrogens with one attached hydrogen (secondary N) is 1. The number of aliphatic hydroxyl groups excluding tert-OH is 1. The number of rotatable bonds is 4. The Kier molecular flexibility index (Phi) is 6.37. The van der Waals surface area contributed by atoms with Gasteiger partial charge in [-0.25, -0.2) is 4.98 Å². The molecule has 4 heterocycles. The molecule has 0 aliphatic carbocycles. The van der Waals surface area contributed by atoms with Crippen molar-refractivity contribution in [3.63, 3.8) is 0 Å². The molecule has 9 nitrogen and oxygen atoms in total. The molecule has 2 amide bonds. The molecular weight excluding hydrogens is 412 g/mol. The molecule has 3 N–H and O–H groups in total. The van der Waals surface area contributed by atoms with Gasteiger partial charge in [0.05, 0.1) is 5.41 Å². The number of carboxylic acids is 1. The zero-order chi connectivity index (χ0) is 22.9. The predicted octanol–water partition coefficient (Wildman–Crippen LogP) is 1.32. The summed E-state index contributed by atoms with van der Waals surface area (Å²) in [6, 6.07) is 3.90. The molecule has 4 rings (SSSR count). The average molecular weight is 445 g/mol. The minimum Gasteiger partial charge on any atom is -0.481 e. The molecule has 3 aliphatic rings. The van der Waals surface area contributed by atoms with Gasteiger partial charge in [0.1, 0.15) is 12.0 Å². The first kappa shape index (κ1) is 22.5. The number of carbonyl (C=O) groups excluding carboxylic acids is 2. The summed E-state index contributed by atoms with van der Waals surface area (Å²) in [6.07, 6.45) is 4.40. The Morgan fingerprint density at radius 3 is 2.38 bits per heavy atom. The Labute approximate surface area is 187 Å². The van der Waals surface area contributed by atoms with Crippen LogP contribution in [0.4, 0.5) is 5.82 Å². The second-order valence-electron chi connectivity index (χ2n) is 9.56. The Bertz CT molecular complexity index is 858. The minimum absolute atomic E-state index is 0.0271. The average Bonchev–Trinajstić information content (AvgIpc) is 2.79. The van der Waals surface area contributed by atoms with Crippen molar-refractivity contribution in [3.05, 3.63) is 23.9 Å². The van der Waals surface area contributed by atoms with Crippen LogP contribution in [0.5, 0.6) is 0 Å². The van der Waals surface area contributed by atoms with Gasteiger partial charge in [-0.15, -0.1) is 0 Å². The van der Waals surface area contributed by atoms with Gasteiger partial charge in [-0.2, -0.15) is 0 Å². The summed E-state index contributed by atoms with van der Waals surface area (Å²) in [7, 11) is 0. The highest BCUT2D eigenvalue weighted by Crippen LogP contribution is 2.33. The fraction of sp³-hybridized carbons (Fsp3) is 0.652. The van der Waals surface area contributed by atoms with E-state index >= 15 is 0 Å². The summed E-state index contributed by atoms with van der Waals surface area (Å²) in [6.45, 7) is 4.27. The Morgan fingerprint density at radius 2 is 1.81 bits per heavy atom. The fourth-order valence-corrected chi connectivity index (χ4v) is 4.98. The van der Waals surface area contributed by atoms with E-state index in [1.54, 1.807) is 13.1 Å². The number of piperidine rings is 3. The summed E-state index contributed by atoms with van der Waals surface area (Å²) < 4.78 is 0. The SMILES string of the molecule is CC1(C(=O)O)CCN(C(=O)C2CCN(c3ccc(C4CCC(=O)NC4O)cn3)CC2)CC1. The van der Waals surface area contributed by atoms with E-state index in [1.807, 2.05) is 17.0 Å². The van der Waals surface area contributed by atoms with Gasteiger partial charge in [0.25, 0.3) is 0 Å². The molecule has 9 heteroatoms. The molecular formula is C23H32N4O5. The molecule has 3 fully saturated rings. The number of hydrogen-bond donors (Lipinski definition) is 3. The van der Waals surface area contributed by atoms with Crippen molar-refractivity contribution in [3.8, 4) is 0 Å². The third kappa shape index (κ3) is 4.57. The number of likely N-dealkylation sites (tertiary alicyclic amines) is 1. The lowest BCUT2D eigenvalue weighted by Gasteiger charge is -2.39. The number of aliphatic hydroxyl groups is 1. The van der Waals surface area contributed by atoms with Gasteiger partial charge in [-0.1, -0.05) is 6.07 Å². The van der Waals surface area contributed by atoms with Crippen molar-refractivity contribution in [2.45, 2.75) is 57.6 Å². The monoisotopic (exact) mass is 444 g/mol. The van der Waals surface area contributed by atoms with Crippen LogP contribution in [0.15, 0.2) is 18.3 Å². The number of aliphatic carboxylic acids is 1. The number of carbonyl (C=O) groups is 3. The van der Waals surface area contributed by atoms with Gasteiger partial charge in [0.2, 0.25) is 11.8 Å². The summed E-state index contributed by atoms with van der Waals surface area (Å²) in [5, 5.41) is 22.1. The quantitative estimate of drug-likeness (QED) is 0.640. The van der Waals surface area contributed by atoms with E-state index in [1.165, 1.54) is 0 Å². The first-order valence-electron chi connectivity index (χ1n) is 11.5. The van der Waals surface area contributed by atoms with Gasteiger partial charge in [-0.3, -0.25) is 14.4 Å². The summed E-state index contributed by atoms with van der Waals surface area (Å²) in [5.74, 6) is -0.0841. The number of carboxylic acid groups (broad SMARTS) is 1. The first-order chi connectivity index (χ1) is 15.3. The van der Waals surface area contributed by atoms with Gasteiger partial charge in [0.15, 0.2) is 0 Å². The van der Waals surface area contributed by atoms with E-state index in [4.69, 9.17) is 0 Å². The fourth-order valence-electron chi connectivity index (χ4n) is 4.98. The molecule has 1 aromatic heterocycles. The molecule has 0 radical (unpaired) electrons. The van der Waals surface area contributed by atoms with Crippen LogP contribution >= 0.6 is 0 Å². The van der Waals surface area contributed by atoms with Crippen LogP contribution in [0.3, 0.4) is 0 Å². The van der Waals surface area contributed by atoms with Gasteiger partial charge in [-0.05, 0) is 50.7 Å². The van der Waals surface area contributed by atoms with E-state index in [2.05, 4.69) is 15.2 Å². The molecule has 0 bridgehead atoms. The molecule has 3 saturated heterocycles. The molecule has 0 aromatic carbocycles. The smallest absolute Gasteiger partial charge is 0.309 e. The van der Waals surface area contributed by atoms with Crippen LogP contribution in [0.1, 0.15) is 56.9 Å². The maximum Gasteiger partial charge on any atom is 0.309 e. The first-order valence-corrected chi connectivity index (χ1v) is 11.5. The van der Waals surface area contributed by atoms with Crippen LogP contribution in [0, 0.1) is 11.3 Å². The summed E-state index contributed by atoms with van der Waals surface area (Å²) in [4.78, 5) is 44.3. The van der Waals surface area contributed by atoms with Crippen molar-refractivity contribution in [2.75, 3.05) is 31.1 Å². The Morgan fingerprint density at radius 1 is 1.12 bits per heavy atom. The normalized spacial score (nSPS) is 26.5. The number of pyridine rings is 1. The Hall–Kier alpha value is -2.68. The van der Waals surface area contributed by atoms with E-state index in [0.29, 0.717) is 38.8 Å². The van der Waals surface area contributed by atoms with Gasteiger partial charge >= 0.3 is 5.97 Å². The zero-order valence-corrected chi connectivity index (χ0v) is 18.5. The van der Waals surface area contributed by atoms with Crippen LogP contribution < -0.4 is 10.2 Å². The second-order valence-corrected chi connectivity index (χ2v) is 9.56. The lowest BCUT2D eigenvalue weighted by atomic mass is 9.80. The standard InChI is InChI=1S/C23H32N4O5/c1-23(22(31)32)8-12-27(13-9-23)21(30)15-6-10-26(11-7-15)18-4-2-16(14-24-18)17-3-5-19(28)25-20(17)29/h2,4,14-15,17,20,29H,3,5-13H2,1H3,(H,25,28)(H,31,32). The van der Waals surface area contributed by atoms with Crippen LogP contribution in [-0.2, 0) is 14.4 Å². The number of hydrogen-bond acceptors (Lipinski definition) is 6. The van der Waals surface area contributed by atoms with E-state index in [-0.39, 0.29) is 23.7 Å². The highest BCUT2D eigenvalue weighted by molar-refractivity contribution is 5.80. The summed E-state index contributed by atoms with van der Waals surface area (Å²) in [5.41, 5.74) is 0.182. The minimum atomic E-state index is -0.881. The van der Waals surface area contributed by atoms with E-state index < -0.39 is 17.6 Å². The van der Waals surface area contributed by atoms with Crippen LogP contribution in [0.25, 0.3) is 0 Å². The van der Waals surface area contributed by atoms with E-state index in [9.17, 15) is 24.6 Å². The largest absolute Gasteiger partial charge is 0.481 e. The second kappa shape index (κ2) is 9.05. The number of aromatic nitrogens is 1. The van der Waals surface area contributed by atoms with Crippen molar-refractivity contribution in [1.82, 2.24) is 15.2 Å². The van der Waals surface area contributed by atoms with E-state index in [0.717, 1.165) is 37.3 Å². The highest BCUT2D eigenvalue weighted by Gasteiger charge is 2.39. The molecule has 32 heavy (non-hydrogen) atoms. The van der Waals surface area contributed by atoms with Crippen LogP contribution in [-0.4, -0.2) is 70.3 Å². The number of amides is 2. The maximum atomic E-state index is 12.9. The Balaban J connectivity index is 1.29.